The van der Waals surface area contributed by atoms with Crippen LogP contribution in [0.15, 0.2) is 36.5 Å². The first kappa shape index (κ1) is 11.3. The summed E-state index contributed by atoms with van der Waals surface area (Å²) < 4.78 is 0. The summed E-state index contributed by atoms with van der Waals surface area (Å²) in [5.74, 6) is 0. The van der Waals surface area contributed by atoms with Crippen molar-refractivity contribution in [2.45, 2.75) is 32.6 Å². The Kier molecular flexibility index (Phi) is 4.15. The molecule has 0 unspecified atom stereocenters. The van der Waals surface area contributed by atoms with Crippen LogP contribution in [0.3, 0.4) is 0 Å². The maximum absolute atomic E-state index is 5.82. The molecule has 0 heterocycles. The first-order valence-corrected chi connectivity index (χ1v) is 5.41. The molecule has 0 amide bonds. The highest BCUT2D eigenvalue weighted by atomic mass is 14.6. The molecule has 0 aromatic rings. The van der Waals surface area contributed by atoms with Crippen LogP contribution in [0.4, 0.5) is 0 Å². The van der Waals surface area contributed by atoms with Crippen molar-refractivity contribution in [3.05, 3.63) is 36.5 Å². The Labute approximate surface area is 87.4 Å². The molecule has 0 aromatic heterocycles. The lowest BCUT2D eigenvalue weighted by Crippen LogP contribution is -2.37. The van der Waals surface area contributed by atoms with Crippen molar-refractivity contribution in [2.24, 2.45) is 11.1 Å². The Bertz CT molecular complexity index is 238. The number of hydrogen-bond donors (Lipinski definition) is 1. The zero-order valence-corrected chi connectivity index (χ0v) is 9.13. The van der Waals surface area contributed by atoms with E-state index in [1.165, 1.54) is 24.8 Å². The predicted molar refractivity (Wildman–Crippen MR) is 63.0 cm³/mol. The van der Waals surface area contributed by atoms with E-state index in [0.717, 1.165) is 13.0 Å². The maximum Gasteiger partial charge on any atom is -0.00173 e. The molecule has 0 saturated heterocycles. The van der Waals surface area contributed by atoms with Crippen molar-refractivity contribution in [3.8, 4) is 0 Å². The first-order chi connectivity index (χ1) is 6.76. The molecule has 0 spiro atoms. The van der Waals surface area contributed by atoms with Crippen LogP contribution in [0, 0.1) is 5.41 Å². The highest BCUT2D eigenvalue weighted by Gasteiger charge is 2.35. The normalized spacial score (nSPS) is 20.9. The first-order valence-electron chi connectivity index (χ1n) is 5.41. The van der Waals surface area contributed by atoms with E-state index < -0.39 is 0 Å². The fourth-order valence-corrected chi connectivity index (χ4v) is 1.98. The molecule has 78 valence electrons. The maximum atomic E-state index is 5.82. The number of rotatable bonds is 5. The van der Waals surface area contributed by atoms with Crippen molar-refractivity contribution in [2.75, 3.05) is 6.54 Å². The van der Waals surface area contributed by atoms with E-state index >= 15 is 0 Å². The minimum Gasteiger partial charge on any atom is -0.330 e. The van der Waals surface area contributed by atoms with Crippen LogP contribution >= 0.6 is 0 Å². The molecule has 1 heteroatoms. The van der Waals surface area contributed by atoms with Gasteiger partial charge in [0.2, 0.25) is 0 Å². The molecule has 1 fully saturated rings. The summed E-state index contributed by atoms with van der Waals surface area (Å²) in [4.78, 5) is 0. The second kappa shape index (κ2) is 5.16. The van der Waals surface area contributed by atoms with E-state index in [1.54, 1.807) is 0 Å². The third-order valence-electron chi connectivity index (χ3n) is 3.19. The van der Waals surface area contributed by atoms with Gasteiger partial charge in [-0.1, -0.05) is 37.3 Å². The van der Waals surface area contributed by atoms with E-state index in [1.807, 2.05) is 19.1 Å². The van der Waals surface area contributed by atoms with Crippen LogP contribution in [0.2, 0.25) is 0 Å². The summed E-state index contributed by atoms with van der Waals surface area (Å²) in [7, 11) is 0. The van der Waals surface area contributed by atoms with E-state index in [4.69, 9.17) is 5.73 Å². The molecule has 2 N–H and O–H groups in total. The zero-order valence-electron chi connectivity index (χ0n) is 9.13. The average Bonchev–Trinajstić information content (AvgIpc) is 2.16. The summed E-state index contributed by atoms with van der Waals surface area (Å²) in [5, 5.41) is 0. The van der Waals surface area contributed by atoms with Gasteiger partial charge in [0.1, 0.15) is 0 Å². The van der Waals surface area contributed by atoms with Gasteiger partial charge in [0, 0.05) is 0 Å². The van der Waals surface area contributed by atoms with Crippen molar-refractivity contribution in [3.63, 3.8) is 0 Å². The molecule has 0 bridgehead atoms. The van der Waals surface area contributed by atoms with E-state index in [-0.39, 0.29) is 0 Å². The summed E-state index contributed by atoms with van der Waals surface area (Å²) in [6, 6.07) is 0. The van der Waals surface area contributed by atoms with Gasteiger partial charge in [-0.25, -0.2) is 0 Å². The topological polar surface area (TPSA) is 26.0 Å². The second-order valence-corrected chi connectivity index (χ2v) is 4.21. The quantitative estimate of drug-likeness (QED) is 0.663. The second-order valence-electron chi connectivity index (χ2n) is 4.21. The van der Waals surface area contributed by atoms with Crippen molar-refractivity contribution in [1.29, 1.82) is 0 Å². The molecule has 1 aliphatic carbocycles. The largest absolute Gasteiger partial charge is 0.330 e. The summed E-state index contributed by atoms with van der Waals surface area (Å²) >= 11 is 0. The molecular formula is C13H21N. The lowest BCUT2D eigenvalue weighted by atomic mass is 9.65. The fourth-order valence-electron chi connectivity index (χ4n) is 1.98. The Morgan fingerprint density at radius 2 is 2.21 bits per heavy atom. The lowest BCUT2D eigenvalue weighted by Gasteiger charge is -2.41. The zero-order chi connectivity index (χ0) is 10.4. The number of nitrogens with two attached hydrogens (primary N) is 1. The molecule has 14 heavy (non-hydrogen) atoms. The van der Waals surface area contributed by atoms with Gasteiger partial charge in [-0.15, -0.1) is 0 Å². The molecule has 1 rings (SSSR count). The molecule has 0 aromatic carbocycles. The van der Waals surface area contributed by atoms with Crippen molar-refractivity contribution in [1.82, 2.24) is 0 Å². The Morgan fingerprint density at radius 3 is 2.57 bits per heavy atom. The minimum absolute atomic E-state index is 0.390. The standard InChI is InChI=1S/C13H21N/c1-3-5-7-12(4-2)10-13(11-14)8-6-9-13/h3-5,7H,2,6,8-11,14H2,1H3/b5-3-,12-7+. The number of allylic oxidation sites excluding steroid dienone is 5. The number of hydrogen-bond acceptors (Lipinski definition) is 1. The summed E-state index contributed by atoms with van der Waals surface area (Å²) in [6.45, 7) is 6.69. The highest BCUT2D eigenvalue weighted by molar-refractivity contribution is 5.24. The molecule has 1 aliphatic rings. The minimum atomic E-state index is 0.390. The van der Waals surface area contributed by atoms with Gasteiger partial charge in [-0.05, 0) is 43.7 Å². The van der Waals surface area contributed by atoms with Crippen LogP contribution in [-0.2, 0) is 0 Å². The van der Waals surface area contributed by atoms with Gasteiger partial charge >= 0.3 is 0 Å². The summed E-state index contributed by atoms with van der Waals surface area (Å²) in [6.07, 6.45) is 13.2. The van der Waals surface area contributed by atoms with Gasteiger partial charge in [-0.2, -0.15) is 0 Å². The molecule has 0 radical (unpaired) electrons. The van der Waals surface area contributed by atoms with Crippen molar-refractivity contribution >= 4 is 0 Å². The molecule has 1 nitrogen and oxygen atoms in total. The van der Waals surface area contributed by atoms with Gasteiger partial charge in [0.15, 0.2) is 0 Å². The van der Waals surface area contributed by atoms with E-state index in [0.29, 0.717) is 5.41 Å². The highest BCUT2D eigenvalue weighted by Crippen LogP contribution is 2.44. The molecule has 1 saturated carbocycles. The molecule has 0 aliphatic heterocycles. The van der Waals surface area contributed by atoms with Crippen LogP contribution in [0.25, 0.3) is 0 Å². The molecule has 0 atom stereocenters. The Balaban J connectivity index is 2.59. The summed E-state index contributed by atoms with van der Waals surface area (Å²) in [5.41, 5.74) is 7.52. The Morgan fingerprint density at radius 1 is 1.50 bits per heavy atom. The van der Waals surface area contributed by atoms with Gasteiger partial charge in [0.25, 0.3) is 0 Å². The fraction of sp³-hybridized carbons (Fsp3) is 0.538. The predicted octanol–water partition coefficient (Wildman–Crippen LogP) is 3.19. The van der Waals surface area contributed by atoms with E-state index in [9.17, 15) is 0 Å². The SMILES string of the molecule is C=C/C(=C\C=C/C)CC1(CN)CCC1. The van der Waals surface area contributed by atoms with Gasteiger partial charge < -0.3 is 5.73 Å². The Hall–Kier alpha value is -0.820. The van der Waals surface area contributed by atoms with Gasteiger partial charge in [-0.3, -0.25) is 0 Å². The van der Waals surface area contributed by atoms with Gasteiger partial charge in [0.05, 0.1) is 0 Å². The lowest BCUT2D eigenvalue weighted by molar-refractivity contribution is 0.146. The van der Waals surface area contributed by atoms with Crippen LogP contribution in [-0.4, -0.2) is 6.54 Å². The van der Waals surface area contributed by atoms with Crippen molar-refractivity contribution < 1.29 is 0 Å². The third kappa shape index (κ3) is 2.58. The molecular weight excluding hydrogens is 170 g/mol. The van der Waals surface area contributed by atoms with Crippen LogP contribution in [0.1, 0.15) is 32.6 Å². The monoisotopic (exact) mass is 191 g/mol. The average molecular weight is 191 g/mol. The van der Waals surface area contributed by atoms with Crippen LogP contribution < -0.4 is 5.73 Å². The third-order valence-corrected chi connectivity index (χ3v) is 3.19. The smallest absolute Gasteiger partial charge is 0.00173 e. The van der Waals surface area contributed by atoms with E-state index in [2.05, 4.69) is 18.7 Å². The van der Waals surface area contributed by atoms with Crippen LogP contribution in [0.5, 0.6) is 0 Å².